The van der Waals surface area contributed by atoms with E-state index in [0.29, 0.717) is 24.4 Å². The molecular weight excluding hydrogens is 271 g/mol. The fraction of sp³-hybridized carbons (Fsp3) is 0.562. The third-order valence-electron chi connectivity index (χ3n) is 2.94. The van der Waals surface area contributed by atoms with Crippen molar-refractivity contribution < 1.29 is 13.9 Å². The number of benzene rings is 1. The molecule has 0 saturated heterocycles. The number of nitrogens with one attached hydrogen (secondary N) is 1. The van der Waals surface area contributed by atoms with Gasteiger partial charge in [0.25, 0.3) is 0 Å². The SMILES string of the molecule is CC(C)Oc1ccc(F)cc1NC(=O)CCCCCCN. The molecule has 0 saturated carbocycles. The van der Waals surface area contributed by atoms with Crippen molar-refractivity contribution in [2.45, 2.75) is 52.1 Å². The van der Waals surface area contributed by atoms with Gasteiger partial charge >= 0.3 is 0 Å². The predicted octanol–water partition coefficient (Wildman–Crippen LogP) is 3.46. The van der Waals surface area contributed by atoms with Crippen LogP contribution >= 0.6 is 0 Å². The molecule has 21 heavy (non-hydrogen) atoms. The van der Waals surface area contributed by atoms with E-state index in [1.807, 2.05) is 13.8 Å². The van der Waals surface area contributed by atoms with Crippen LogP contribution in [0.5, 0.6) is 5.75 Å². The zero-order valence-electron chi connectivity index (χ0n) is 12.8. The Morgan fingerprint density at radius 3 is 2.67 bits per heavy atom. The van der Waals surface area contributed by atoms with Crippen LogP contribution in [0.25, 0.3) is 0 Å². The van der Waals surface area contributed by atoms with Crippen molar-refractivity contribution in [1.82, 2.24) is 0 Å². The molecule has 0 aromatic heterocycles. The highest BCUT2D eigenvalue weighted by molar-refractivity contribution is 5.92. The summed E-state index contributed by atoms with van der Waals surface area (Å²) in [5, 5.41) is 2.72. The molecule has 4 nitrogen and oxygen atoms in total. The van der Waals surface area contributed by atoms with Gasteiger partial charge in [-0.1, -0.05) is 12.8 Å². The number of carbonyl (C=O) groups excluding carboxylic acids is 1. The summed E-state index contributed by atoms with van der Waals surface area (Å²) in [5.41, 5.74) is 5.80. The lowest BCUT2D eigenvalue weighted by Crippen LogP contribution is -2.14. The predicted molar refractivity (Wildman–Crippen MR) is 82.9 cm³/mol. The van der Waals surface area contributed by atoms with Crippen molar-refractivity contribution >= 4 is 11.6 Å². The molecule has 5 heteroatoms. The van der Waals surface area contributed by atoms with Crippen molar-refractivity contribution in [3.8, 4) is 5.75 Å². The maximum absolute atomic E-state index is 13.3. The van der Waals surface area contributed by atoms with Crippen LogP contribution in [0, 0.1) is 5.82 Å². The van der Waals surface area contributed by atoms with Gasteiger partial charge in [0.15, 0.2) is 0 Å². The summed E-state index contributed by atoms with van der Waals surface area (Å²) in [7, 11) is 0. The summed E-state index contributed by atoms with van der Waals surface area (Å²) in [6.07, 6.45) is 4.18. The van der Waals surface area contributed by atoms with Crippen molar-refractivity contribution in [1.29, 1.82) is 0 Å². The fourth-order valence-electron chi connectivity index (χ4n) is 1.95. The fourth-order valence-corrected chi connectivity index (χ4v) is 1.95. The first-order valence-electron chi connectivity index (χ1n) is 7.49. The Morgan fingerprint density at radius 2 is 2.00 bits per heavy atom. The maximum atomic E-state index is 13.3. The van der Waals surface area contributed by atoms with Crippen molar-refractivity contribution in [3.63, 3.8) is 0 Å². The lowest BCUT2D eigenvalue weighted by atomic mass is 10.1. The number of ether oxygens (including phenoxy) is 1. The largest absolute Gasteiger partial charge is 0.489 e. The van der Waals surface area contributed by atoms with Gasteiger partial charge in [-0.3, -0.25) is 4.79 Å². The van der Waals surface area contributed by atoms with Gasteiger partial charge in [0.05, 0.1) is 11.8 Å². The van der Waals surface area contributed by atoms with E-state index in [0.717, 1.165) is 25.7 Å². The number of anilines is 1. The smallest absolute Gasteiger partial charge is 0.224 e. The molecule has 118 valence electrons. The molecule has 0 aliphatic rings. The zero-order valence-corrected chi connectivity index (χ0v) is 12.8. The Morgan fingerprint density at radius 1 is 1.29 bits per heavy atom. The highest BCUT2D eigenvalue weighted by Crippen LogP contribution is 2.26. The Kier molecular flexibility index (Phi) is 7.75. The van der Waals surface area contributed by atoms with E-state index in [1.54, 1.807) is 0 Å². The summed E-state index contributed by atoms with van der Waals surface area (Å²) in [5.74, 6) is -0.0332. The van der Waals surface area contributed by atoms with Crippen LogP contribution in [0.1, 0.15) is 46.0 Å². The summed E-state index contributed by atoms with van der Waals surface area (Å²) in [6.45, 7) is 4.45. The van der Waals surface area contributed by atoms with Gasteiger partial charge in [-0.25, -0.2) is 4.39 Å². The average molecular weight is 296 g/mol. The van der Waals surface area contributed by atoms with Crippen LogP contribution in [0.3, 0.4) is 0 Å². The number of nitrogens with two attached hydrogens (primary N) is 1. The number of rotatable bonds is 9. The molecule has 1 aromatic rings. The van der Waals surface area contributed by atoms with Gasteiger partial charge < -0.3 is 15.8 Å². The molecule has 1 aromatic carbocycles. The third kappa shape index (κ3) is 7.09. The van der Waals surface area contributed by atoms with Gasteiger partial charge in [0.1, 0.15) is 11.6 Å². The first-order chi connectivity index (χ1) is 10.0. The van der Waals surface area contributed by atoms with E-state index in [1.165, 1.54) is 18.2 Å². The van der Waals surface area contributed by atoms with Crippen LogP contribution in [0.15, 0.2) is 18.2 Å². The summed E-state index contributed by atoms with van der Waals surface area (Å²) >= 11 is 0. The summed E-state index contributed by atoms with van der Waals surface area (Å²) in [4.78, 5) is 11.9. The van der Waals surface area contributed by atoms with Crippen LogP contribution in [-0.4, -0.2) is 18.6 Å². The number of unbranched alkanes of at least 4 members (excludes halogenated alkanes) is 3. The highest BCUT2D eigenvalue weighted by atomic mass is 19.1. The second kappa shape index (κ2) is 9.34. The molecule has 0 radical (unpaired) electrons. The number of halogens is 1. The molecule has 1 rings (SSSR count). The maximum Gasteiger partial charge on any atom is 0.224 e. The second-order valence-electron chi connectivity index (χ2n) is 5.31. The van der Waals surface area contributed by atoms with Crippen LogP contribution in [0.4, 0.5) is 10.1 Å². The average Bonchev–Trinajstić information content (AvgIpc) is 2.41. The van der Waals surface area contributed by atoms with Crippen LogP contribution in [0.2, 0.25) is 0 Å². The monoisotopic (exact) mass is 296 g/mol. The van der Waals surface area contributed by atoms with E-state index >= 15 is 0 Å². The van der Waals surface area contributed by atoms with Gasteiger partial charge in [0.2, 0.25) is 5.91 Å². The van der Waals surface area contributed by atoms with E-state index in [2.05, 4.69) is 5.32 Å². The van der Waals surface area contributed by atoms with E-state index in [9.17, 15) is 9.18 Å². The minimum absolute atomic E-state index is 0.0395. The van der Waals surface area contributed by atoms with Gasteiger partial charge in [0, 0.05) is 12.5 Å². The van der Waals surface area contributed by atoms with Crippen molar-refractivity contribution in [2.75, 3.05) is 11.9 Å². The molecule has 0 heterocycles. The van der Waals surface area contributed by atoms with Crippen LogP contribution in [-0.2, 0) is 4.79 Å². The first-order valence-corrected chi connectivity index (χ1v) is 7.49. The molecule has 0 bridgehead atoms. The lowest BCUT2D eigenvalue weighted by Gasteiger charge is -2.15. The molecular formula is C16H25FN2O2. The number of carbonyl (C=O) groups is 1. The van der Waals surface area contributed by atoms with Gasteiger partial charge in [-0.15, -0.1) is 0 Å². The van der Waals surface area contributed by atoms with E-state index in [4.69, 9.17) is 10.5 Å². The quantitative estimate of drug-likeness (QED) is 0.686. The summed E-state index contributed by atoms with van der Waals surface area (Å²) < 4.78 is 18.9. The Labute approximate surface area is 125 Å². The highest BCUT2D eigenvalue weighted by Gasteiger charge is 2.10. The Bertz CT molecular complexity index is 450. The Balaban J connectivity index is 2.52. The minimum Gasteiger partial charge on any atom is -0.489 e. The number of hydrogen-bond acceptors (Lipinski definition) is 3. The molecule has 0 aliphatic heterocycles. The van der Waals surface area contributed by atoms with Crippen molar-refractivity contribution in [3.05, 3.63) is 24.0 Å². The van der Waals surface area contributed by atoms with Gasteiger partial charge in [-0.05, 0) is 45.4 Å². The molecule has 3 N–H and O–H groups in total. The van der Waals surface area contributed by atoms with Gasteiger partial charge in [-0.2, -0.15) is 0 Å². The standard InChI is InChI=1S/C16H25FN2O2/c1-12(2)21-15-9-8-13(17)11-14(15)19-16(20)7-5-3-4-6-10-18/h8-9,11-12H,3-7,10,18H2,1-2H3,(H,19,20). The zero-order chi connectivity index (χ0) is 15.7. The molecule has 0 atom stereocenters. The van der Waals surface area contributed by atoms with Crippen LogP contribution < -0.4 is 15.8 Å². The molecule has 0 fully saturated rings. The number of hydrogen-bond donors (Lipinski definition) is 2. The number of amides is 1. The molecule has 0 unspecified atom stereocenters. The minimum atomic E-state index is -0.399. The third-order valence-corrected chi connectivity index (χ3v) is 2.94. The second-order valence-corrected chi connectivity index (χ2v) is 5.31. The summed E-state index contributed by atoms with van der Waals surface area (Å²) in [6, 6.07) is 4.14. The van der Waals surface area contributed by atoms with Crippen molar-refractivity contribution in [2.24, 2.45) is 5.73 Å². The lowest BCUT2D eigenvalue weighted by molar-refractivity contribution is -0.116. The topological polar surface area (TPSA) is 64.3 Å². The normalized spacial score (nSPS) is 10.7. The van der Waals surface area contributed by atoms with E-state index < -0.39 is 5.82 Å². The molecule has 1 amide bonds. The Hall–Kier alpha value is -1.62. The van der Waals surface area contributed by atoms with E-state index in [-0.39, 0.29) is 12.0 Å². The first kappa shape index (κ1) is 17.4. The molecule has 0 spiro atoms. The molecule has 0 aliphatic carbocycles.